The average molecular weight is 492 g/mol. The van der Waals surface area contributed by atoms with Crippen molar-refractivity contribution in [3.8, 4) is 11.4 Å². The van der Waals surface area contributed by atoms with Gasteiger partial charge in [-0.25, -0.2) is 15.0 Å². The van der Waals surface area contributed by atoms with Gasteiger partial charge in [-0.3, -0.25) is 0 Å². The highest BCUT2D eigenvalue weighted by molar-refractivity contribution is 6.13. The average Bonchev–Trinajstić information content (AvgIpc) is 3.33. The number of hydrogen-bond acceptors (Lipinski definition) is 4. The third-order valence-corrected chi connectivity index (χ3v) is 7.09. The van der Waals surface area contributed by atoms with Crippen LogP contribution in [0.15, 0.2) is 131 Å². The van der Waals surface area contributed by atoms with E-state index in [1.807, 2.05) is 42.5 Å². The lowest BCUT2D eigenvalue weighted by Crippen LogP contribution is -2.34. The Morgan fingerprint density at radius 1 is 0.684 bits per heavy atom. The van der Waals surface area contributed by atoms with Crippen LogP contribution in [-0.4, -0.2) is 21.2 Å². The van der Waals surface area contributed by atoms with Gasteiger partial charge in [-0.15, -0.1) is 0 Å². The minimum atomic E-state index is -0.350. The fraction of sp³-hybridized carbons (Fsp3) is 0.0606. The van der Waals surface area contributed by atoms with Crippen LogP contribution in [0.25, 0.3) is 33.2 Å². The van der Waals surface area contributed by atoms with Crippen LogP contribution in [0.3, 0.4) is 0 Å². The standard InChI is InChI=1S/C33H25N5/c1-38-28-19-11-10-18-27(28)34-33(38)29-25-17-9-8-12-22(25)20-21-26(29)32-36-30(23-13-4-2-5-14-23)35-31(37-32)24-15-6-3-7-16-24/h2-21,32H,1H3,(H,35,36,37). The summed E-state index contributed by atoms with van der Waals surface area (Å²) in [4.78, 5) is 15.2. The van der Waals surface area contributed by atoms with Crippen molar-refractivity contribution in [2.45, 2.75) is 6.17 Å². The molecule has 0 saturated heterocycles. The maximum absolute atomic E-state index is 5.16. The zero-order valence-corrected chi connectivity index (χ0v) is 20.9. The Hall–Kier alpha value is -5.03. The van der Waals surface area contributed by atoms with Crippen molar-refractivity contribution < 1.29 is 0 Å². The molecular weight excluding hydrogens is 466 g/mol. The van der Waals surface area contributed by atoms with Crippen molar-refractivity contribution in [2.24, 2.45) is 17.0 Å². The quantitative estimate of drug-likeness (QED) is 0.292. The number of nitrogens with one attached hydrogen (secondary N) is 1. The lowest BCUT2D eigenvalue weighted by atomic mass is 9.96. The first-order chi connectivity index (χ1) is 18.8. The van der Waals surface area contributed by atoms with Crippen LogP contribution in [0, 0.1) is 0 Å². The zero-order valence-electron chi connectivity index (χ0n) is 20.9. The zero-order chi connectivity index (χ0) is 25.5. The maximum atomic E-state index is 5.16. The number of hydrogen-bond donors (Lipinski definition) is 1. The van der Waals surface area contributed by atoms with E-state index in [0.29, 0.717) is 5.84 Å². The third-order valence-electron chi connectivity index (χ3n) is 7.09. The first-order valence-electron chi connectivity index (χ1n) is 12.7. The van der Waals surface area contributed by atoms with Crippen LogP contribution in [0.1, 0.15) is 22.9 Å². The second-order valence-electron chi connectivity index (χ2n) is 9.43. The number of benzene rings is 5. The highest BCUT2D eigenvalue weighted by Crippen LogP contribution is 2.37. The Morgan fingerprint density at radius 3 is 2.16 bits per heavy atom. The lowest BCUT2D eigenvalue weighted by Gasteiger charge is -2.26. The Bertz CT molecular complexity index is 1850. The van der Waals surface area contributed by atoms with Crippen molar-refractivity contribution >= 4 is 33.5 Å². The second-order valence-corrected chi connectivity index (χ2v) is 9.43. The Kier molecular flexibility index (Phi) is 5.33. The third kappa shape index (κ3) is 3.76. The number of para-hydroxylation sites is 2. The molecule has 2 heterocycles. The molecule has 38 heavy (non-hydrogen) atoms. The van der Waals surface area contributed by atoms with Crippen LogP contribution in [-0.2, 0) is 7.05 Å². The summed E-state index contributed by atoms with van der Waals surface area (Å²) in [5, 5.41) is 5.95. The van der Waals surface area contributed by atoms with Crippen LogP contribution in [0.5, 0.6) is 0 Å². The van der Waals surface area contributed by atoms with E-state index in [1.54, 1.807) is 0 Å². The van der Waals surface area contributed by atoms with Gasteiger partial charge in [0.1, 0.15) is 17.8 Å². The molecule has 0 spiro atoms. The number of aromatic nitrogens is 2. The van der Waals surface area contributed by atoms with E-state index in [9.17, 15) is 0 Å². The molecule has 1 atom stereocenters. The summed E-state index contributed by atoms with van der Waals surface area (Å²) in [7, 11) is 2.08. The SMILES string of the molecule is Cn1c(-c2c(C3N=C(c4ccccc4)N=C(c4ccccc4)N3)ccc3ccccc23)nc2ccccc21. The monoisotopic (exact) mass is 491 g/mol. The molecular formula is C33H25N5. The van der Waals surface area contributed by atoms with E-state index in [2.05, 4.69) is 95.8 Å². The van der Waals surface area contributed by atoms with Crippen molar-refractivity contribution in [3.63, 3.8) is 0 Å². The van der Waals surface area contributed by atoms with E-state index >= 15 is 0 Å². The highest BCUT2D eigenvalue weighted by Gasteiger charge is 2.26. The lowest BCUT2D eigenvalue weighted by molar-refractivity contribution is 0.675. The predicted molar refractivity (Wildman–Crippen MR) is 155 cm³/mol. The Balaban J connectivity index is 1.47. The van der Waals surface area contributed by atoms with Gasteiger partial charge in [-0.2, -0.15) is 0 Å². The molecule has 182 valence electrons. The molecule has 5 aromatic carbocycles. The minimum Gasteiger partial charge on any atom is -0.344 e. The molecule has 0 saturated carbocycles. The molecule has 0 fully saturated rings. The molecule has 1 aliphatic rings. The van der Waals surface area contributed by atoms with Gasteiger partial charge in [0.05, 0.1) is 11.0 Å². The Morgan fingerprint density at radius 2 is 1.37 bits per heavy atom. The van der Waals surface area contributed by atoms with E-state index in [0.717, 1.165) is 50.3 Å². The summed E-state index contributed by atoms with van der Waals surface area (Å²) in [6, 6.07) is 41.5. The van der Waals surface area contributed by atoms with Gasteiger partial charge >= 0.3 is 0 Å². The normalized spacial score (nSPS) is 15.2. The fourth-order valence-corrected chi connectivity index (χ4v) is 5.20. The summed E-state index contributed by atoms with van der Waals surface area (Å²) in [5.41, 5.74) is 6.20. The number of imidazole rings is 1. The number of aryl methyl sites for hydroxylation is 1. The first kappa shape index (κ1) is 22.2. The van der Waals surface area contributed by atoms with Gasteiger partial charge in [-0.1, -0.05) is 109 Å². The number of aliphatic imine (C=N–C) groups is 2. The fourth-order valence-electron chi connectivity index (χ4n) is 5.20. The van der Waals surface area contributed by atoms with Crippen molar-refractivity contribution in [1.29, 1.82) is 0 Å². The molecule has 1 N–H and O–H groups in total. The van der Waals surface area contributed by atoms with E-state index in [-0.39, 0.29) is 6.17 Å². The predicted octanol–water partition coefficient (Wildman–Crippen LogP) is 6.89. The molecule has 0 aliphatic carbocycles. The van der Waals surface area contributed by atoms with Gasteiger partial charge < -0.3 is 9.88 Å². The van der Waals surface area contributed by atoms with Gasteiger partial charge in [0.25, 0.3) is 0 Å². The summed E-state index contributed by atoms with van der Waals surface area (Å²) in [6.45, 7) is 0. The van der Waals surface area contributed by atoms with Gasteiger partial charge in [0.15, 0.2) is 5.84 Å². The topological polar surface area (TPSA) is 54.6 Å². The van der Waals surface area contributed by atoms with Crippen molar-refractivity contribution in [2.75, 3.05) is 0 Å². The molecule has 1 aromatic heterocycles. The molecule has 5 nitrogen and oxygen atoms in total. The van der Waals surface area contributed by atoms with Crippen LogP contribution >= 0.6 is 0 Å². The molecule has 0 bridgehead atoms. The van der Waals surface area contributed by atoms with Gasteiger partial charge in [-0.05, 0) is 22.9 Å². The molecule has 7 rings (SSSR count). The number of nitrogens with zero attached hydrogens (tertiary/aromatic N) is 4. The Labute approximate surface area is 220 Å². The largest absolute Gasteiger partial charge is 0.344 e. The summed E-state index contributed by atoms with van der Waals surface area (Å²) in [6.07, 6.45) is -0.350. The number of fused-ring (bicyclic) bond motifs is 2. The highest BCUT2D eigenvalue weighted by atomic mass is 15.2. The van der Waals surface area contributed by atoms with Crippen LogP contribution in [0.2, 0.25) is 0 Å². The molecule has 1 unspecified atom stereocenters. The maximum Gasteiger partial charge on any atom is 0.159 e. The molecule has 6 aromatic rings. The molecule has 0 radical (unpaired) electrons. The molecule has 5 heteroatoms. The van der Waals surface area contributed by atoms with Gasteiger partial charge in [0.2, 0.25) is 0 Å². The summed E-state index contributed by atoms with van der Waals surface area (Å²) in [5.74, 6) is 2.42. The van der Waals surface area contributed by atoms with E-state index in [4.69, 9.17) is 15.0 Å². The van der Waals surface area contributed by atoms with Crippen molar-refractivity contribution in [1.82, 2.24) is 14.9 Å². The molecule has 0 amide bonds. The molecule has 1 aliphatic heterocycles. The van der Waals surface area contributed by atoms with E-state index in [1.165, 1.54) is 5.39 Å². The van der Waals surface area contributed by atoms with E-state index < -0.39 is 0 Å². The number of rotatable bonds is 4. The first-order valence-corrected chi connectivity index (χ1v) is 12.7. The smallest absolute Gasteiger partial charge is 0.159 e. The van der Waals surface area contributed by atoms with Crippen molar-refractivity contribution in [3.05, 3.63) is 138 Å². The van der Waals surface area contributed by atoms with Crippen LogP contribution in [0.4, 0.5) is 0 Å². The van der Waals surface area contributed by atoms with Gasteiger partial charge in [0, 0.05) is 29.3 Å². The number of amidine groups is 2. The minimum absolute atomic E-state index is 0.350. The summed E-state index contributed by atoms with van der Waals surface area (Å²) >= 11 is 0. The summed E-state index contributed by atoms with van der Waals surface area (Å²) < 4.78 is 2.18. The second kappa shape index (κ2) is 9.12. The van der Waals surface area contributed by atoms with Crippen LogP contribution < -0.4 is 5.32 Å².